The van der Waals surface area contributed by atoms with Gasteiger partial charge in [0.15, 0.2) is 0 Å². The molecule has 0 spiro atoms. The van der Waals surface area contributed by atoms with Crippen LogP contribution in [0, 0.1) is 11.3 Å². The third kappa shape index (κ3) is 2.42. The van der Waals surface area contributed by atoms with Crippen molar-refractivity contribution in [2.75, 3.05) is 0 Å². The Bertz CT molecular complexity index is 516. The van der Waals surface area contributed by atoms with Gasteiger partial charge in [0.05, 0.1) is 12.0 Å². The summed E-state index contributed by atoms with van der Waals surface area (Å²) in [4.78, 5) is 23.2. The molecule has 1 aromatic rings. The van der Waals surface area contributed by atoms with Crippen LogP contribution in [0.4, 0.5) is 8.78 Å². The Morgan fingerprint density at radius 1 is 1.62 bits per heavy atom. The fraction of sp³-hybridized carbons (Fsp3) is 0.222. The molecule has 1 heterocycles. The van der Waals surface area contributed by atoms with Crippen LogP contribution in [0.5, 0.6) is 0 Å². The molecule has 0 aliphatic rings. The monoisotopic (exact) mass is 228 g/mol. The zero-order valence-corrected chi connectivity index (χ0v) is 7.83. The molecule has 0 radical (unpaired) electrons. The lowest BCUT2D eigenvalue weighted by molar-refractivity contribution is -0.136. The smallest absolute Gasteiger partial charge is 0.307 e. The number of hydrogen-bond donors (Lipinski definition) is 2. The van der Waals surface area contributed by atoms with Crippen LogP contribution in [-0.4, -0.2) is 16.1 Å². The van der Waals surface area contributed by atoms with Gasteiger partial charge in [0.2, 0.25) is 5.56 Å². The minimum absolute atomic E-state index is 0.214. The van der Waals surface area contributed by atoms with Crippen LogP contribution in [0.25, 0.3) is 0 Å². The van der Waals surface area contributed by atoms with Gasteiger partial charge in [-0.1, -0.05) is 0 Å². The van der Waals surface area contributed by atoms with Crippen molar-refractivity contribution in [3.63, 3.8) is 0 Å². The molecule has 0 aromatic carbocycles. The first kappa shape index (κ1) is 11.8. The topological polar surface area (TPSA) is 93.9 Å². The molecule has 2 N–H and O–H groups in total. The van der Waals surface area contributed by atoms with Crippen molar-refractivity contribution in [1.82, 2.24) is 4.98 Å². The second-order valence-electron chi connectivity index (χ2n) is 2.93. The van der Waals surface area contributed by atoms with Crippen LogP contribution in [0.1, 0.15) is 23.2 Å². The number of rotatable bonds is 3. The molecule has 0 saturated carbocycles. The average molecular weight is 228 g/mol. The molecule has 1 rings (SSSR count). The summed E-state index contributed by atoms with van der Waals surface area (Å²) >= 11 is 0. The molecular formula is C9H6F2N2O3. The molecule has 0 fully saturated rings. The number of alkyl halides is 2. The number of nitriles is 1. The van der Waals surface area contributed by atoms with Crippen molar-refractivity contribution in [1.29, 1.82) is 5.26 Å². The number of aromatic nitrogens is 1. The van der Waals surface area contributed by atoms with E-state index in [1.165, 1.54) is 6.07 Å². The maximum atomic E-state index is 12.4. The molecule has 0 unspecified atom stereocenters. The second kappa shape index (κ2) is 4.53. The van der Waals surface area contributed by atoms with Crippen LogP contribution in [-0.2, 0) is 11.2 Å². The van der Waals surface area contributed by atoms with E-state index in [0.717, 1.165) is 6.07 Å². The van der Waals surface area contributed by atoms with Gasteiger partial charge in [-0.25, -0.2) is 8.78 Å². The molecule has 16 heavy (non-hydrogen) atoms. The van der Waals surface area contributed by atoms with E-state index in [1.54, 1.807) is 0 Å². The van der Waals surface area contributed by atoms with Crippen LogP contribution in [0.3, 0.4) is 0 Å². The fourth-order valence-electron chi connectivity index (χ4n) is 1.23. The van der Waals surface area contributed by atoms with E-state index < -0.39 is 35.6 Å². The van der Waals surface area contributed by atoms with Gasteiger partial charge in [-0.3, -0.25) is 9.59 Å². The Hall–Kier alpha value is -2.23. The van der Waals surface area contributed by atoms with Crippen molar-refractivity contribution in [3.8, 4) is 6.07 Å². The predicted octanol–water partition coefficient (Wildman–Crippen LogP) is 0.811. The van der Waals surface area contributed by atoms with Crippen molar-refractivity contribution >= 4 is 5.97 Å². The summed E-state index contributed by atoms with van der Waals surface area (Å²) in [6, 6.07) is 2.30. The Balaban J connectivity index is 3.43. The number of aromatic amines is 1. The first-order valence-electron chi connectivity index (χ1n) is 4.12. The summed E-state index contributed by atoms with van der Waals surface area (Å²) in [5.41, 5.74) is -2.40. The SMILES string of the molecule is N#Cc1c(CC(=O)O)cc(=O)[nH]c1C(F)F. The largest absolute Gasteiger partial charge is 0.481 e. The lowest BCUT2D eigenvalue weighted by Crippen LogP contribution is -2.15. The number of nitrogens with zero attached hydrogens (tertiary/aromatic N) is 1. The van der Waals surface area contributed by atoms with E-state index in [0.29, 0.717) is 0 Å². The van der Waals surface area contributed by atoms with E-state index in [9.17, 15) is 18.4 Å². The highest BCUT2D eigenvalue weighted by molar-refractivity contribution is 5.71. The first-order chi connectivity index (χ1) is 7.45. The Morgan fingerprint density at radius 2 is 2.25 bits per heavy atom. The Kier molecular flexibility index (Phi) is 3.35. The molecule has 0 atom stereocenters. The standard InChI is InChI=1S/C9H6F2N2O3/c10-9(11)8-5(3-12)4(2-7(15)16)1-6(14)13-8/h1,9H,2H2,(H,13,14)(H,15,16). The highest BCUT2D eigenvalue weighted by Gasteiger charge is 2.19. The van der Waals surface area contributed by atoms with Crippen molar-refractivity contribution in [3.05, 3.63) is 33.2 Å². The maximum Gasteiger partial charge on any atom is 0.307 e. The minimum atomic E-state index is -3.03. The van der Waals surface area contributed by atoms with Crippen LogP contribution < -0.4 is 5.56 Å². The molecule has 0 aliphatic carbocycles. The molecule has 0 saturated heterocycles. The molecule has 84 valence electrons. The quantitative estimate of drug-likeness (QED) is 0.800. The van der Waals surface area contributed by atoms with Crippen molar-refractivity contribution in [2.24, 2.45) is 0 Å². The number of carboxylic acid groups (broad SMARTS) is 1. The second-order valence-corrected chi connectivity index (χ2v) is 2.93. The van der Waals surface area contributed by atoms with Gasteiger partial charge in [-0.15, -0.1) is 0 Å². The predicted molar refractivity (Wildman–Crippen MR) is 48.1 cm³/mol. The highest BCUT2D eigenvalue weighted by Crippen LogP contribution is 2.21. The molecule has 0 bridgehead atoms. The van der Waals surface area contributed by atoms with Crippen molar-refractivity contribution in [2.45, 2.75) is 12.8 Å². The highest BCUT2D eigenvalue weighted by atomic mass is 19.3. The van der Waals surface area contributed by atoms with E-state index >= 15 is 0 Å². The number of pyridine rings is 1. The van der Waals surface area contributed by atoms with Gasteiger partial charge in [-0.05, 0) is 5.56 Å². The molecule has 1 aromatic heterocycles. The van der Waals surface area contributed by atoms with Gasteiger partial charge >= 0.3 is 5.97 Å². The molecule has 7 heteroatoms. The minimum Gasteiger partial charge on any atom is -0.481 e. The van der Waals surface area contributed by atoms with E-state index in [1.807, 2.05) is 4.98 Å². The van der Waals surface area contributed by atoms with Gasteiger partial charge < -0.3 is 10.1 Å². The molecular weight excluding hydrogens is 222 g/mol. The van der Waals surface area contributed by atoms with E-state index in [2.05, 4.69) is 0 Å². The lowest BCUT2D eigenvalue weighted by atomic mass is 10.0. The number of halogens is 2. The maximum absolute atomic E-state index is 12.4. The zero-order chi connectivity index (χ0) is 12.3. The number of aliphatic carboxylic acids is 1. The summed E-state index contributed by atoms with van der Waals surface area (Å²) in [6.45, 7) is 0. The molecule has 0 aliphatic heterocycles. The number of H-pyrrole nitrogens is 1. The summed E-state index contributed by atoms with van der Waals surface area (Å²) in [7, 11) is 0. The number of nitrogens with one attached hydrogen (secondary N) is 1. The zero-order valence-electron chi connectivity index (χ0n) is 7.83. The van der Waals surface area contributed by atoms with Gasteiger partial charge in [0, 0.05) is 6.07 Å². The van der Waals surface area contributed by atoms with Crippen LogP contribution in [0.15, 0.2) is 10.9 Å². The van der Waals surface area contributed by atoms with E-state index in [-0.39, 0.29) is 5.56 Å². The third-order valence-corrected chi connectivity index (χ3v) is 1.83. The number of hydrogen-bond acceptors (Lipinski definition) is 3. The lowest BCUT2D eigenvalue weighted by Gasteiger charge is -2.06. The summed E-state index contributed by atoms with van der Waals surface area (Å²) in [6.07, 6.45) is -3.68. The van der Waals surface area contributed by atoms with Crippen LogP contribution >= 0.6 is 0 Å². The van der Waals surface area contributed by atoms with Crippen LogP contribution in [0.2, 0.25) is 0 Å². The van der Waals surface area contributed by atoms with Crippen molar-refractivity contribution < 1.29 is 18.7 Å². The third-order valence-electron chi connectivity index (χ3n) is 1.83. The van der Waals surface area contributed by atoms with E-state index in [4.69, 9.17) is 10.4 Å². The Labute approximate surface area is 88.0 Å². The Morgan fingerprint density at radius 3 is 2.69 bits per heavy atom. The first-order valence-corrected chi connectivity index (χ1v) is 4.12. The molecule has 5 nitrogen and oxygen atoms in total. The number of carboxylic acids is 1. The molecule has 0 amide bonds. The van der Waals surface area contributed by atoms with Gasteiger partial charge in [0.25, 0.3) is 6.43 Å². The summed E-state index contributed by atoms with van der Waals surface area (Å²) in [5, 5.41) is 17.2. The van der Waals surface area contributed by atoms with Gasteiger partial charge in [0.1, 0.15) is 11.8 Å². The normalized spacial score (nSPS) is 10.1. The fourth-order valence-corrected chi connectivity index (χ4v) is 1.23. The average Bonchev–Trinajstić information content (AvgIpc) is 2.15. The van der Waals surface area contributed by atoms with Gasteiger partial charge in [-0.2, -0.15) is 5.26 Å². The summed E-state index contributed by atoms with van der Waals surface area (Å²) < 4.78 is 24.9. The summed E-state index contributed by atoms with van der Waals surface area (Å²) in [5.74, 6) is -1.30. The number of carbonyl (C=O) groups is 1.